The first-order valence-electron chi connectivity index (χ1n) is 7.82. The number of likely N-dealkylation sites (N-methyl/N-ethyl adjacent to an activating group) is 1. The first-order valence-corrected chi connectivity index (χ1v) is 7.82. The molecular formula is C15H26N4O. The maximum Gasteiger partial charge on any atom is 0.231 e. The Labute approximate surface area is 121 Å². The van der Waals surface area contributed by atoms with E-state index < -0.39 is 0 Å². The molecule has 3 heterocycles. The van der Waals surface area contributed by atoms with E-state index in [9.17, 15) is 0 Å². The van der Waals surface area contributed by atoms with Crippen molar-refractivity contribution >= 4 is 0 Å². The first-order chi connectivity index (χ1) is 9.60. The number of nitrogens with zero attached hydrogens (tertiary/aromatic N) is 3. The maximum atomic E-state index is 5.51. The zero-order valence-electron chi connectivity index (χ0n) is 13.0. The molecule has 0 spiro atoms. The van der Waals surface area contributed by atoms with Crippen LogP contribution in [0.3, 0.4) is 0 Å². The minimum Gasteiger partial charge on any atom is -0.339 e. The molecule has 4 unspecified atom stereocenters. The Balaban J connectivity index is 1.71. The molecule has 20 heavy (non-hydrogen) atoms. The summed E-state index contributed by atoms with van der Waals surface area (Å²) in [7, 11) is 4.23. The van der Waals surface area contributed by atoms with E-state index in [-0.39, 0.29) is 5.92 Å². The van der Waals surface area contributed by atoms with E-state index in [0.717, 1.165) is 11.7 Å². The summed E-state index contributed by atoms with van der Waals surface area (Å²) in [5.74, 6) is 2.44. The molecule has 0 saturated carbocycles. The summed E-state index contributed by atoms with van der Waals surface area (Å²) in [6.45, 7) is 4.28. The second-order valence-electron chi connectivity index (χ2n) is 6.58. The van der Waals surface area contributed by atoms with Crippen molar-refractivity contribution in [3.05, 3.63) is 11.7 Å². The van der Waals surface area contributed by atoms with Crippen LogP contribution >= 0.6 is 0 Å². The van der Waals surface area contributed by atoms with Gasteiger partial charge in [0.05, 0.1) is 5.92 Å². The van der Waals surface area contributed by atoms with E-state index in [0.29, 0.717) is 24.0 Å². The van der Waals surface area contributed by atoms with Crippen LogP contribution in [0.2, 0.25) is 0 Å². The van der Waals surface area contributed by atoms with E-state index in [2.05, 4.69) is 41.3 Å². The molecule has 0 aromatic carbocycles. The van der Waals surface area contributed by atoms with Crippen molar-refractivity contribution in [2.75, 3.05) is 14.1 Å². The molecule has 4 atom stereocenters. The Morgan fingerprint density at radius 3 is 2.50 bits per heavy atom. The number of hydrogen-bond acceptors (Lipinski definition) is 5. The average molecular weight is 278 g/mol. The summed E-state index contributed by atoms with van der Waals surface area (Å²) in [6, 6.07) is 1.78. The molecule has 1 aromatic heterocycles. The summed E-state index contributed by atoms with van der Waals surface area (Å²) in [5, 5.41) is 7.51. The molecular weight excluding hydrogens is 252 g/mol. The topological polar surface area (TPSA) is 54.2 Å². The Morgan fingerprint density at radius 2 is 1.90 bits per heavy atom. The molecule has 2 bridgehead atoms. The molecule has 3 rings (SSSR count). The van der Waals surface area contributed by atoms with E-state index in [1.54, 1.807) is 0 Å². The van der Waals surface area contributed by atoms with Gasteiger partial charge in [0, 0.05) is 24.0 Å². The molecule has 112 valence electrons. The van der Waals surface area contributed by atoms with Crippen LogP contribution in [0, 0.1) is 0 Å². The van der Waals surface area contributed by atoms with Gasteiger partial charge in [-0.1, -0.05) is 12.1 Å². The van der Waals surface area contributed by atoms with Crippen LogP contribution in [-0.4, -0.2) is 47.3 Å². The van der Waals surface area contributed by atoms with Crippen LogP contribution < -0.4 is 5.32 Å². The van der Waals surface area contributed by atoms with Crippen molar-refractivity contribution < 1.29 is 4.52 Å². The number of aromatic nitrogens is 2. The van der Waals surface area contributed by atoms with E-state index in [1.807, 2.05) is 7.05 Å². The van der Waals surface area contributed by atoms with Gasteiger partial charge in [0.25, 0.3) is 0 Å². The van der Waals surface area contributed by atoms with Crippen molar-refractivity contribution in [1.29, 1.82) is 0 Å². The van der Waals surface area contributed by atoms with E-state index >= 15 is 0 Å². The fourth-order valence-corrected chi connectivity index (χ4v) is 3.68. The molecule has 1 N–H and O–H groups in total. The normalized spacial score (nSPS) is 33.3. The summed E-state index contributed by atoms with van der Waals surface area (Å²) in [4.78, 5) is 7.23. The standard InChI is InChI=1S/C15H26N4O/c1-9(10(2)16-3)15-17-14(18-20-15)11-7-12-5-6-13(8-11)19(12)4/h9-13,16H,5-8H2,1-4H3. The summed E-state index contributed by atoms with van der Waals surface area (Å²) in [5.41, 5.74) is 0. The minimum atomic E-state index is 0.254. The van der Waals surface area contributed by atoms with Gasteiger partial charge in [0.15, 0.2) is 5.82 Å². The lowest BCUT2D eigenvalue weighted by Gasteiger charge is -2.34. The van der Waals surface area contributed by atoms with Gasteiger partial charge in [0.2, 0.25) is 5.89 Å². The number of nitrogens with one attached hydrogen (secondary N) is 1. The van der Waals surface area contributed by atoms with Gasteiger partial charge in [0.1, 0.15) is 0 Å². The van der Waals surface area contributed by atoms with Crippen LogP contribution in [0.25, 0.3) is 0 Å². The summed E-state index contributed by atoms with van der Waals surface area (Å²) >= 11 is 0. The average Bonchev–Trinajstić information content (AvgIpc) is 3.00. The fraction of sp³-hybridized carbons (Fsp3) is 0.867. The predicted octanol–water partition coefficient (Wildman–Crippen LogP) is 2.12. The largest absolute Gasteiger partial charge is 0.339 e. The van der Waals surface area contributed by atoms with Gasteiger partial charge in [-0.3, -0.25) is 0 Å². The molecule has 5 heteroatoms. The van der Waals surface area contributed by atoms with Crippen molar-refractivity contribution in [2.45, 2.75) is 69.5 Å². The van der Waals surface area contributed by atoms with Gasteiger partial charge in [-0.15, -0.1) is 0 Å². The van der Waals surface area contributed by atoms with Crippen molar-refractivity contribution in [3.8, 4) is 0 Å². The highest BCUT2D eigenvalue weighted by Crippen LogP contribution is 2.41. The number of piperidine rings is 1. The smallest absolute Gasteiger partial charge is 0.231 e. The fourth-order valence-electron chi connectivity index (χ4n) is 3.68. The Hall–Kier alpha value is -0.940. The molecule has 2 aliphatic rings. The Morgan fingerprint density at radius 1 is 1.25 bits per heavy atom. The van der Waals surface area contributed by atoms with Crippen molar-refractivity contribution in [3.63, 3.8) is 0 Å². The number of hydrogen-bond donors (Lipinski definition) is 1. The van der Waals surface area contributed by atoms with Crippen LogP contribution in [0.4, 0.5) is 0 Å². The van der Waals surface area contributed by atoms with Crippen LogP contribution in [0.15, 0.2) is 4.52 Å². The predicted molar refractivity (Wildman–Crippen MR) is 77.8 cm³/mol. The second-order valence-corrected chi connectivity index (χ2v) is 6.58. The highest BCUT2D eigenvalue weighted by Gasteiger charge is 2.40. The lowest BCUT2D eigenvalue weighted by Crippen LogP contribution is -2.39. The van der Waals surface area contributed by atoms with E-state index in [4.69, 9.17) is 4.52 Å². The van der Waals surface area contributed by atoms with Gasteiger partial charge in [-0.05, 0) is 46.7 Å². The molecule has 2 saturated heterocycles. The van der Waals surface area contributed by atoms with Crippen LogP contribution in [0.1, 0.15) is 63.1 Å². The molecule has 5 nitrogen and oxygen atoms in total. The third kappa shape index (κ3) is 2.37. The maximum absolute atomic E-state index is 5.51. The molecule has 2 aliphatic heterocycles. The first kappa shape index (κ1) is 14.0. The minimum absolute atomic E-state index is 0.254. The third-order valence-electron chi connectivity index (χ3n) is 5.52. The molecule has 1 aromatic rings. The summed E-state index contributed by atoms with van der Waals surface area (Å²) < 4.78 is 5.51. The van der Waals surface area contributed by atoms with Crippen LogP contribution in [-0.2, 0) is 0 Å². The molecule has 2 fully saturated rings. The van der Waals surface area contributed by atoms with E-state index in [1.165, 1.54) is 25.7 Å². The molecule has 0 aliphatic carbocycles. The SMILES string of the molecule is CNC(C)C(C)c1nc(C2CC3CCC(C2)N3C)no1. The second kappa shape index (κ2) is 5.45. The molecule has 0 amide bonds. The van der Waals surface area contributed by atoms with Gasteiger partial charge in [-0.25, -0.2) is 0 Å². The number of fused-ring (bicyclic) bond motifs is 2. The van der Waals surface area contributed by atoms with Gasteiger partial charge >= 0.3 is 0 Å². The molecule has 0 radical (unpaired) electrons. The Bertz CT molecular complexity index is 446. The lowest BCUT2D eigenvalue weighted by molar-refractivity contribution is 0.157. The third-order valence-corrected chi connectivity index (χ3v) is 5.52. The van der Waals surface area contributed by atoms with Gasteiger partial charge in [-0.2, -0.15) is 4.98 Å². The zero-order chi connectivity index (χ0) is 14.3. The summed E-state index contributed by atoms with van der Waals surface area (Å²) in [6.07, 6.45) is 5.02. The lowest BCUT2D eigenvalue weighted by atomic mass is 9.90. The van der Waals surface area contributed by atoms with Crippen molar-refractivity contribution in [2.24, 2.45) is 0 Å². The monoisotopic (exact) mass is 278 g/mol. The number of rotatable bonds is 4. The van der Waals surface area contributed by atoms with Crippen molar-refractivity contribution in [1.82, 2.24) is 20.4 Å². The van der Waals surface area contributed by atoms with Gasteiger partial charge < -0.3 is 14.7 Å². The Kier molecular flexibility index (Phi) is 3.82. The van der Waals surface area contributed by atoms with Crippen LogP contribution in [0.5, 0.6) is 0 Å². The highest BCUT2D eigenvalue weighted by atomic mass is 16.5. The quantitative estimate of drug-likeness (QED) is 0.914. The highest BCUT2D eigenvalue weighted by molar-refractivity contribution is 5.07. The zero-order valence-corrected chi connectivity index (χ0v) is 13.0.